The van der Waals surface area contributed by atoms with Crippen LogP contribution in [0, 0.1) is 20.8 Å². The van der Waals surface area contributed by atoms with Crippen molar-refractivity contribution in [3.8, 4) is 0 Å². The highest BCUT2D eigenvalue weighted by atomic mass is 15.3. The summed E-state index contributed by atoms with van der Waals surface area (Å²) in [5, 5.41) is 7.60. The molecular formula is C13H18N4. The molecule has 0 radical (unpaired) electrons. The van der Waals surface area contributed by atoms with E-state index in [1.54, 1.807) is 4.68 Å². The van der Waals surface area contributed by atoms with Crippen molar-refractivity contribution < 1.29 is 0 Å². The van der Waals surface area contributed by atoms with Gasteiger partial charge in [-0.05, 0) is 44.0 Å². The summed E-state index contributed by atoms with van der Waals surface area (Å²) in [5.41, 5.74) is 11.0. The van der Waals surface area contributed by atoms with Gasteiger partial charge in [-0.3, -0.25) is 4.68 Å². The number of nitrogens with one attached hydrogen (secondary N) is 1. The number of nitrogens with zero attached hydrogens (tertiary/aromatic N) is 2. The van der Waals surface area contributed by atoms with E-state index in [0.717, 1.165) is 17.2 Å². The molecule has 3 N–H and O–H groups in total. The molecule has 0 aliphatic carbocycles. The second-order valence-electron chi connectivity index (χ2n) is 4.47. The Bertz CT molecular complexity index is 535. The first kappa shape index (κ1) is 11.5. The second kappa shape index (κ2) is 4.13. The van der Waals surface area contributed by atoms with Crippen LogP contribution in [0.5, 0.6) is 0 Å². The van der Waals surface area contributed by atoms with E-state index in [1.165, 1.54) is 11.1 Å². The minimum absolute atomic E-state index is 0.701. The van der Waals surface area contributed by atoms with Gasteiger partial charge in [-0.15, -0.1) is 0 Å². The number of nitrogens with two attached hydrogens (primary N) is 1. The first-order valence-electron chi connectivity index (χ1n) is 5.62. The predicted molar refractivity (Wildman–Crippen MR) is 71.6 cm³/mol. The smallest absolute Gasteiger partial charge is 0.152 e. The molecule has 0 bridgehead atoms. The Hall–Kier alpha value is -1.97. The summed E-state index contributed by atoms with van der Waals surface area (Å²) < 4.78 is 1.77. The molecule has 4 heteroatoms. The Kier molecular flexibility index (Phi) is 2.79. The van der Waals surface area contributed by atoms with E-state index in [1.807, 2.05) is 14.0 Å². The molecule has 2 rings (SSSR count). The maximum absolute atomic E-state index is 5.98. The summed E-state index contributed by atoms with van der Waals surface area (Å²) in [6.07, 6.45) is 0. The number of aromatic nitrogens is 2. The van der Waals surface area contributed by atoms with Crippen molar-refractivity contribution >= 4 is 17.2 Å². The van der Waals surface area contributed by atoms with Gasteiger partial charge in [-0.2, -0.15) is 5.10 Å². The van der Waals surface area contributed by atoms with Crippen LogP contribution in [-0.2, 0) is 7.05 Å². The highest BCUT2D eigenvalue weighted by Gasteiger charge is 2.10. The number of nitrogen functional groups attached to an aromatic ring is 1. The van der Waals surface area contributed by atoms with Crippen LogP contribution in [0.1, 0.15) is 16.8 Å². The molecule has 90 valence electrons. The lowest BCUT2D eigenvalue weighted by molar-refractivity contribution is 0.765. The van der Waals surface area contributed by atoms with E-state index in [2.05, 4.69) is 42.5 Å². The first-order valence-corrected chi connectivity index (χ1v) is 5.62. The summed E-state index contributed by atoms with van der Waals surface area (Å²) in [4.78, 5) is 0. The molecular weight excluding hydrogens is 212 g/mol. The van der Waals surface area contributed by atoms with Crippen LogP contribution >= 0.6 is 0 Å². The lowest BCUT2D eigenvalue weighted by Crippen LogP contribution is -2.01. The fourth-order valence-corrected chi connectivity index (χ4v) is 2.01. The molecule has 0 saturated carbocycles. The molecule has 0 unspecified atom stereocenters. The van der Waals surface area contributed by atoms with Crippen LogP contribution in [0.2, 0.25) is 0 Å². The number of rotatable bonds is 2. The van der Waals surface area contributed by atoms with Gasteiger partial charge in [0.05, 0.1) is 11.4 Å². The highest BCUT2D eigenvalue weighted by molar-refractivity contribution is 5.71. The van der Waals surface area contributed by atoms with E-state index >= 15 is 0 Å². The monoisotopic (exact) mass is 230 g/mol. The minimum Gasteiger partial charge on any atom is -0.394 e. The summed E-state index contributed by atoms with van der Waals surface area (Å²) >= 11 is 0. The van der Waals surface area contributed by atoms with Crippen LogP contribution < -0.4 is 11.1 Å². The molecule has 0 amide bonds. The van der Waals surface area contributed by atoms with Gasteiger partial charge < -0.3 is 11.1 Å². The van der Waals surface area contributed by atoms with Crippen LogP contribution in [0.3, 0.4) is 0 Å². The normalized spacial score (nSPS) is 10.6. The Morgan fingerprint density at radius 1 is 1.12 bits per heavy atom. The number of aryl methyl sites for hydroxylation is 4. The van der Waals surface area contributed by atoms with Crippen molar-refractivity contribution in [3.63, 3.8) is 0 Å². The maximum atomic E-state index is 5.98. The number of hydrogen-bond acceptors (Lipinski definition) is 3. The van der Waals surface area contributed by atoms with Gasteiger partial charge in [0.15, 0.2) is 5.82 Å². The van der Waals surface area contributed by atoms with Crippen molar-refractivity contribution in [2.75, 3.05) is 11.1 Å². The molecule has 0 saturated heterocycles. The Morgan fingerprint density at radius 2 is 1.71 bits per heavy atom. The van der Waals surface area contributed by atoms with Gasteiger partial charge in [0.1, 0.15) is 0 Å². The van der Waals surface area contributed by atoms with E-state index < -0.39 is 0 Å². The van der Waals surface area contributed by atoms with Gasteiger partial charge in [-0.1, -0.05) is 6.07 Å². The average molecular weight is 230 g/mol. The van der Waals surface area contributed by atoms with Gasteiger partial charge in [0.2, 0.25) is 0 Å². The van der Waals surface area contributed by atoms with E-state index in [0.29, 0.717) is 5.69 Å². The zero-order valence-electron chi connectivity index (χ0n) is 10.7. The predicted octanol–water partition coefficient (Wildman–Crippen LogP) is 2.67. The quantitative estimate of drug-likeness (QED) is 0.834. The van der Waals surface area contributed by atoms with Crippen molar-refractivity contribution in [2.24, 2.45) is 7.05 Å². The van der Waals surface area contributed by atoms with Crippen molar-refractivity contribution in [3.05, 3.63) is 35.0 Å². The Morgan fingerprint density at radius 3 is 2.18 bits per heavy atom. The molecule has 0 atom stereocenters. The van der Waals surface area contributed by atoms with Gasteiger partial charge in [0.25, 0.3) is 0 Å². The fourth-order valence-electron chi connectivity index (χ4n) is 2.01. The zero-order valence-corrected chi connectivity index (χ0v) is 10.7. The lowest BCUT2D eigenvalue weighted by Gasteiger charge is -2.09. The molecule has 0 fully saturated rings. The molecule has 0 aliphatic rings. The highest BCUT2D eigenvalue weighted by Crippen LogP contribution is 2.26. The third kappa shape index (κ3) is 2.25. The minimum atomic E-state index is 0.701. The molecule has 17 heavy (non-hydrogen) atoms. The first-order chi connectivity index (χ1) is 7.97. The lowest BCUT2D eigenvalue weighted by atomic mass is 10.1. The zero-order chi connectivity index (χ0) is 12.6. The fraction of sp³-hybridized carbons (Fsp3) is 0.308. The molecule has 4 nitrogen and oxygen atoms in total. The second-order valence-corrected chi connectivity index (χ2v) is 4.47. The summed E-state index contributed by atoms with van der Waals surface area (Å²) in [6.45, 7) is 6.06. The largest absolute Gasteiger partial charge is 0.394 e. The SMILES string of the molecule is Cc1cc(C)cc(Nc2c(N)c(C)nn2C)c1. The van der Waals surface area contributed by atoms with Crippen LogP contribution in [-0.4, -0.2) is 9.78 Å². The molecule has 1 heterocycles. The van der Waals surface area contributed by atoms with Crippen LogP contribution in [0.4, 0.5) is 17.2 Å². The van der Waals surface area contributed by atoms with E-state index in [4.69, 9.17) is 5.73 Å². The Labute approximate surface area is 101 Å². The van der Waals surface area contributed by atoms with Crippen molar-refractivity contribution in [2.45, 2.75) is 20.8 Å². The Balaban J connectivity index is 2.37. The standard InChI is InChI=1S/C13H18N4/c1-8-5-9(2)7-11(6-8)15-13-12(14)10(3)16-17(13)4/h5-7,15H,14H2,1-4H3. The summed E-state index contributed by atoms with van der Waals surface area (Å²) in [6, 6.07) is 6.33. The summed E-state index contributed by atoms with van der Waals surface area (Å²) in [7, 11) is 1.88. The van der Waals surface area contributed by atoms with E-state index in [-0.39, 0.29) is 0 Å². The van der Waals surface area contributed by atoms with Crippen molar-refractivity contribution in [1.29, 1.82) is 0 Å². The molecule has 1 aromatic carbocycles. The van der Waals surface area contributed by atoms with Gasteiger partial charge >= 0.3 is 0 Å². The molecule has 1 aromatic heterocycles. The van der Waals surface area contributed by atoms with E-state index in [9.17, 15) is 0 Å². The number of anilines is 3. The summed E-state index contributed by atoms with van der Waals surface area (Å²) in [5.74, 6) is 0.840. The van der Waals surface area contributed by atoms with Crippen LogP contribution in [0.25, 0.3) is 0 Å². The van der Waals surface area contributed by atoms with Gasteiger partial charge in [-0.25, -0.2) is 0 Å². The topological polar surface area (TPSA) is 55.9 Å². The third-order valence-corrected chi connectivity index (χ3v) is 2.75. The average Bonchev–Trinajstić information content (AvgIpc) is 2.44. The number of benzene rings is 1. The molecule has 0 aliphatic heterocycles. The van der Waals surface area contributed by atoms with Gasteiger partial charge in [0, 0.05) is 12.7 Å². The third-order valence-electron chi connectivity index (χ3n) is 2.75. The maximum Gasteiger partial charge on any atom is 0.152 e. The molecule has 0 spiro atoms. The number of hydrogen-bond donors (Lipinski definition) is 2. The van der Waals surface area contributed by atoms with Crippen molar-refractivity contribution in [1.82, 2.24) is 9.78 Å². The van der Waals surface area contributed by atoms with Crippen LogP contribution in [0.15, 0.2) is 18.2 Å². The molecule has 2 aromatic rings.